The first-order chi connectivity index (χ1) is 14.3. The molecule has 3 aromatic rings. The molecule has 0 spiro atoms. The maximum absolute atomic E-state index is 12.9. The third kappa shape index (κ3) is 4.10. The number of carbonyl (C=O) groups excluding carboxylic acids is 1. The molecule has 0 radical (unpaired) electrons. The summed E-state index contributed by atoms with van der Waals surface area (Å²) in [5, 5.41) is 10.0. The number of hydrogen-bond donors (Lipinski definition) is 2. The molecular formula is C23H25N3O4. The molecule has 0 bridgehead atoms. The Balaban J connectivity index is 1.45. The van der Waals surface area contributed by atoms with Crippen molar-refractivity contribution < 1.29 is 18.8 Å². The Morgan fingerprint density at radius 3 is 2.53 bits per heavy atom. The topological polar surface area (TPSA) is 85.6 Å². The van der Waals surface area contributed by atoms with Gasteiger partial charge in [-0.25, -0.2) is 0 Å². The van der Waals surface area contributed by atoms with Gasteiger partial charge in [0.05, 0.1) is 5.69 Å². The van der Waals surface area contributed by atoms with Crippen molar-refractivity contribution in [3.63, 3.8) is 0 Å². The number of aromatic nitrogens is 1. The Labute approximate surface area is 175 Å². The molecule has 30 heavy (non-hydrogen) atoms. The van der Waals surface area contributed by atoms with E-state index in [1.165, 1.54) is 5.56 Å². The monoisotopic (exact) mass is 407 g/mol. The molecule has 0 saturated carbocycles. The SMILES string of the molecule is Cc1noc(NCc2ccc3c(c2)OCO3)c1C(=O)Nc1ccc(C(C)(C)C)cc1. The molecule has 7 nitrogen and oxygen atoms in total. The van der Waals surface area contributed by atoms with E-state index in [4.69, 9.17) is 14.0 Å². The van der Waals surface area contributed by atoms with Crippen molar-refractivity contribution >= 4 is 17.5 Å². The van der Waals surface area contributed by atoms with Gasteiger partial charge in [-0.3, -0.25) is 4.79 Å². The van der Waals surface area contributed by atoms with Crippen LogP contribution in [0.15, 0.2) is 47.0 Å². The van der Waals surface area contributed by atoms with Crippen LogP contribution in [0, 0.1) is 6.92 Å². The van der Waals surface area contributed by atoms with Crippen molar-refractivity contribution in [2.45, 2.75) is 39.7 Å². The number of hydrogen-bond acceptors (Lipinski definition) is 6. The van der Waals surface area contributed by atoms with E-state index in [-0.39, 0.29) is 18.1 Å². The van der Waals surface area contributed by atoms with E-state index < -0.39 is 0 Å². The predicted octanol–water partition coefficient (Wildman–Crippen LogP) is 4.87. The van der Waals surface area contributed by atoms with Crippen molar-refractivity contribution in [2.75, 3.05) is 17.4 Å². The fourth-order valence-corrected chi connectivity index (χ4v) is 3.24. The lowest BCUT2D eigenvalue weighted by atomic mass is 9.87. The van der Waals surface area contributed by atoms with E-state index in [1.54, 1.807) is 6.92 Å². The number of carbonyl (C=O) groups is 1. The van der Waals surface area contributed by atoms with E-state index in [0.29, 0.717) is 29.4 Å². The summed E-state index contributed by atoms with van der Waals surface area (Å²) >= 11 is 0. The third-order valence-corrected chi connectivity index (χ3v) is 4.99. The summed E-state index contributed by atoms with van der Waals surface area (Å²) < 4.78 is 16.1. The van der Waals surface area contributed by atoms with Gasteiger partial charge in [0.2, 0.25) is 12.7 Å². The minimum absolute atomic E-state index is 0.0550. The van der Waals surface area contributed by atoms with Crippen LogP contribution in [-0.4, -0.2) is 17.9 Å². The summed E-state index contributed by atoms with van der Waals surface area (Å²) in [7, 11) is 0. The molecule has 1 aliphatic rings. The molecule has 0 fully saturated rings. The van der Waals surface area contributed by atoms with Gasteiger partial charge in [0.1, 0.15) is 5.56 Å². The highest BCUT2D eigenvalue weighted by molar-refractivity contribution is 6.08. The lowest BCUT2D eigenvalue weighted by Gasteiger charge is -2.19. The zero-order valence-corrected chi connectivity index (χ0v) is 17.5. The quantitative estimate of drug-likeness (QED) is 0.627. The van der Waals surface area contributed by atoms with E-state index in [2.05, 4.69) is 36.6 Å². The lowest BCUT2D eigenvalue weighted by molar-refractivity contribution is 0.102. The van der Waals surface area contributed by atoms with Gasteiger partial charge >= 0.3 is 0 Å². The minimum Gasteiger partial charge on any atom is -0.454 e. The van der Waals surface area contributed by atoms with Crippen molar-refractivity contribution in [1.29, 1.82) is 0 Å². The Kier molecular flexibility index (Phi) is 5.11. The summed E-state index contributed by atoms with van der Waals surface area (Å²) in [6, 6.07) is 13.5. The second-order valence-corrected chi connectivity index (χ2v) is 8.29. The smallest absolute Gasteiger partial charge is 0.263 e. The maximum atomic E-state index is 12.9. The summed E-state index contributed by atoms with van der Waals surface area (Å²) in [6.45, 7) is 8.88. The van der Waals surface area contributed by atoms with Crippen LogP contribution in [0.1, 0.15) is 48.0 Å². The molecule has 1 aromatic heterocycles. The second kappa shape index (κ2) is 7.74. The molecular weight excluding hydrogens is 382 g/mol. The molecule has 0 aliphatic carbocycles. The minimum atomic E-state index is -0.273. The van der Waals surface area contributed by atoms with Crippen LogP contribution >= 0.6 is 0 Å². The van der Waals surface area contributed by atoms with Crippen LogP contribution < -0.4 is 20.1 Å². The highest BCUT2D eigenvalue weighted by Crippen LogP contribution is 2.33. The Morgan fingerprint density at radius 2 is 1.80 bits per heavy atom. The third-order valence-electron chi connectivity index (χ3n) is 4.99. The molecule has 0 atom stereocenters. The predicted molar refractivity (Wildman–Crippen MR) is 114 cm³/mol. The Morgan fingerprint density at radius 1 is 1.07 bits per heavy atom. The molecule has 7 heteroatoms. The van der Waals surface area contributed by atoms with E-state index >= 15 is 0 Å². The number of amides is 1. The highest BCUT2D eigenvalue weighted by Gasteiger charge is 2.21. The average molecular weight is 407 g/mol. The number of nitrogens with one attached hydrogen (secondary N) is 2. The first-order valence-electron chi connectivity index (χ1n) is 9.82. The number of nitrogens with zero attached hydrogens (tertiary/aromatic N) is 1. The molecule has 1 aliphatic heterocycles. The van der Waals surface area contributed by atoms with Crippen LogP contribution in [0.3, 0.4) is 0 Å². The highest BCUT2D eigenvalue weighted by atomic mass is 16.7. The fourth-order valence-electron chi connectivity index (χ4n) is 3.24. The van der Waals surface area contributed by atoms with Crippen molar-refractivity contribution in [3.8, 4) is 11.5 Å². The van der Waals surface area contributed by atoms with Gasteiger partial charge < -0.3 is 24.6 Å². The van der Waals surface area contributed by atoms with Gasteiger partial charge in [-0.2, -0.15) is 0 Å². The summed E-state index contributed by atoms with van der Waals surface area (Å²) in [6.07, 6.45) is 0. The zero-order valence-electron chi connectivity index (χ0n) is 17.5. The second-order valence-electron chi connectivity index (χ2n) is 8.29. The molecule has 2 aromatic carbocycles. The number of fused-ring (bicyclic) bond motifs is 1. The van der Waals surface area contributed by atoms with Crippen LogP contribution in [-0.2, 0) is 12.0 Å². The largest absolute Gasteiger partial charge is 0.454 e. The standard InChI is InChI=1S/C23H25N3O4/c1-14-20(21(27)25-17-8-6-16(7-9-17)23(2,3)4)22(30-26-14)24-12-15-5-10-18-19(11-15)29-13-28-18/h5-11,24H,12-13H2,1-4H3,(H,25,27). The fraction of sp³-hybridized carbons (Fsp3) is 0.304. The number of anilines is 2. The first-order valence-corrected chi connectivity index (χ1v) is 9.82. The lowest BCUT2D eigenvalue weighted by Crippen LogP contribution is -2.15. The molecule has 2 heterocycles. The van der Waals surface area contributed by atoms with Crippen LogP contribution in [0.25, 0.3) is 0 Å². The van der Waals surface area contributed by atoms with Crippen molar-refractivity contribution in [3.05, 3.63) is 64.8 Å². The van der Waals surface area contributed by atoms with Crippen LogP contribution in [0.2, 0.25) is 0 Å². The molecule has 2 N–H and O–H groups in total. The van der Waals surface area contributed by atoms with Gasteiger partial charge in [0.25, 0.3) is 5.91 Å². The average Bonchev–Trinajstić information content (AvgIpc) is 3.31. The van der Waals surface area contributed by atoms with Gasteiger partial charge in [-0.1, -0.05) is 44.1 Å². The van der Waals surface area contributed by atoms with Gasteiger partial charge in [0, 0.05) is 12.2 Å². The molecule has 4 rings (SSSR count). The van der Waals surface area contributed by atoms with Gasteiger partial charge in [-0.15, -0.1) is 0 Å². The number of ether oxygens (including phenoxy) is 2. The summed E-state index contributed by atoms with van der Waals surface area (Å²) in [5.41, 5.74) is 3.85. The van der Waals surface area contributed by atoms with E-state index in [9.17, 15) is 4.79 Å². The van der Waals surface area contributed by atoms with Crippen LogP contribution in [0.4, 0.5) is 11.6 Å². The maximum Gasteiger partial charge on any atom is 0.263 e. The first kappa shape index (κ1) is 19.8. The van der Waals surface area contributed by atoms with Gasteiger partial charge in [-0.05, 0) is 47.7 Å². The molecule has 1 amide bonds. The molecule has 0 unspecified atom stereocenters. The molecule has 156 valence electrons. The van der Waals surface area contributed by atoms with Crippen molar-refractivity contribution in [1.82, 2.24) is 5.16 Å². The Hall–Kier alpha value is -3.48. The number of benzene rings is 2. The normalized spacial score (nSPS) is 12.7. The molecule has 0 saturated heterocycles. The summed E-state index contributed by atoms with van der Waals surface area (Å²) in [4.78, 5) is 12.9. The van der Waals surface area contributed by atoms with Crippen LogP contribution in [0.5, 0.6) is 11.5 Å². The van der Waals surface area contributed by atoms with Gasteiger partial charge in [0.15, 0.2) is 11.5 Å². The zero-order chi connectivity index (χ0) is 21.3. The summed E-state index contributed by atoms with van der Waals surface area (Å²) in [5.74, 6) is 1.49. The number of rotatable bonds is 5. The van der Waals surface area contributed by atoms with E-state index in [0.717, 1.165) is 17.0 Å². The Bertz CT molecular complexity index is 1070. The number of aryl methyl sites for hydroxylation is 1. The van der Waals surface area contributed by atoms with E-state index in [1.807, 2.05) is 42.5 Å². The van der Waals surface area contributed by atoms with Crippen molar-refractivity contribution in [2.24, 2.45) is 0 Å².